The van der Waals surface area contributed by atoms with Gasteiger partial charge in [0, 0.05) is 11.1 Å². The molecule has 2 aromatic rings. The Balaban J connectivity index is 1.64. The van der Waals surface area contributed by atoms with Crippen LogP contribution >= 0.6 is 0 Å². The minimum Gasteiger partial charge on any atom is -0.206 e. The van der Waals surface area contributed by atoms with Gasteiger partial charge in [-0.25, -0.2) is 4.39 Å². The fourth-order valence-electron chi connectivity index (χ4n) is 4.09. The lowest BCUT2D eigenvalue weighted by molar-refractivity contribution is 0.436. The van der Waals surface area contributed by atoms with Crippen molar-refractivity contribution in [2.24, 2.45) is 5.92 Å². The summed E-state index contributed by atoms with van der Waals surface area (Å²) in [6, 6.07) is 13.6. The van der Waals surface area contributed by atoms with Gasteiger partial charge >= 0.3 is 0 Å². The van der Waals surface area contributed by atoms with E-state index in [2.05, 4.69) is 37.8 Å². The Morgan fingerprint density at radius 3 is 2.45 bits per heavy atom. The molecule has 0 heterocycles. The average molecular weight is 389 g/mol. The van der Waals surface area contributed by atoms with E-state index in [4.69, 9.17) is 0 Å². The summed E-state index contributed by atoms with van der Waals surface area (Å²) in [6.07, 6.45) is 12.9. The van der Waals surface area contributed by atoms with Crippen molar-refractivity contribution in [2.45, 2.75) is 71.6 Å². The van der Waals surface area contributed by atoms with Gasteiger partial charge in [0.05, 0.1) is 0 Å². The number of unbranched alkanes of at least 4 members (excludes halogenated alkanes) is 2. The van der Waals surface area contributed by atoms with Crippen molar-refractivity contribution in [3.63, 3.8) is 0 Å². The molecule has 0 fully saturated rings. The molecule has 152 valence electrons. The summed E-state index contributed by atoms with van der Waals surface area (Å²) < 4.78 is 14.6. The standard InChI is InChI=1S/C28H33F/c1-3-5-6-8-25-17-20-27(28(29)21-25)26-18-15-24(16-19-26)14-13-23-11-9-22(7-4-2)10-12-23/h11,15-22H,3-10,12H2,1-2H3. The molecular formula is C28H33F. The molecule has 0 radical (unpaired) electrons. The molecule has 29 heavy (non-hydrogen) atoms. The first-order valence-electron chi connectivity index (χ1n) is 11.3. The third-order valence-corrected chi connectivity index (χ3v) is 5.88. The lowest BCUT2D eigenvalue weighted by Crippen LogP contribution is -2.04. The first-order valence-corrected chi connectivity index (χ1v) is 11.3. The normalized spacial score (nSPS) is 16.1. The summed E-state index contributed by atoms with van der Waals surface area (Å²) in [4.78, 5) is 0. The van der Waals surface area contributed by atoms with Crippen LogP contribution < -0.4 is 0 Å². The minimum atomic E-state index is -0.133. The molecule has 3 rings (SSSR count). The molecule has 1 unspecified atom stereocenters. The number of hydrogen-bond acceptors (Lipinski definition) is 0. The van der Waals surface area contributed by atoms with Gasteiger partial charge in [-0.15, -0.1) is 0 Å². The van der Waals surface area contributed by atoms with Gasteiger partial charge in [-0.1, -0.05) is 81.7 Å². The topological polar surface area (TPSA) is 0 Å². The number of aryl methyl sites for hydroxylation is 1. The third-order valence-electron chi connectivity index (χ3n) is 5.88. The number of hydrogen-bond donors (Lipinski definition) is 0. The van der Waals surface area contributed by atoms with E-state index in [9.17, 15) is 4.39 Å². The molecule has 0 saturated heterocycles. The summed E-state index contributed by atoms with van der Waals surface area (Å²) in [5.74, 6) is 7.33. The van der Waals surface area contributed by atoms with Crippen molar-refractivity contribution in [3.8, 4) is 23.0 Å². The summed E-state index contributed by atoms with van der Waals surface area (Å²) in [5.41, 5.74) is 4.92. The van der Waals surface area contributed by atoms with Crippen LogP contribution in [0.5, 0.6) is 0 Å². The van der Waals surface area contributed by atoms with Crippen molar-refractivity contribution in [3.05, 3.63) is 71.1 Å². The summed E-state index contributed by atoms with van der Waals surface area (Å²) in [7, 11) is 0. The van der Waals surface area contributed by atoms with E-state index >= 15 is 0 Å². The summed E-state index contributed by atoms with van der Waals surface area (Å²) >= 11 is 0. The van der Waals surface area contributed by atoms with Gasteiger partial charge in [0.15, 0.2) is 0 Å². The molecule has 0 aromatic heterocycles. The van der Waals surface area contributed by atoms with E-state index in [1.54, 1.807) is 6.07 Å². The quantitative estimate of drug-likeness (QED) is 0.332. The van der Waals surface area contributed by atoms with E-state index in [-0.39, 0.29) is 5.82 Å². The van der Waals surface area contributed by atoms with Crippen LogP contribution in [0.15, 0.2) is 54.1 Å². The number of rotatable bonds is 7. The zero-order valence-corrected chi connectivity index (χ0v) is 17.9. The monoisotopic (exact) mass is 388 g/mol. The van der Waals surface area contributed by atoms with Gasteiger partial charge in [-0.05, 0) is 72.9 Å². The predicted octanol–water partition coefficient (Wildman–Crippen LogP) is 8.10. The Hall–Kier alpha value is -2.33. The van der Waals surface area contributed by atoms with Crippen molar-refractivity contribution < 1.29 is 4.39 Å². The SMILES string of the molecule is CCCCCc1ccc(-c2ccc(C#CC3=CCC(CCC)CC3)cc2)c(F)c1. The molecule has 0 nitrogen and oxygen atoms in total. The molecule has 0 N–H and O–H groups in total. The molecule has 2 aromatic carbocycles. The molecule has 0 amide bonds. The van der Waals surface area contributed by atoms with E-state index in [1.807, 2.05) is 30.3 Å². The molecule has 1 atom stereocenters. The zero-order chi connectivity index (χ0) is 20.5. The molecular weight excluding hydrogens is 355 g/mol. The highest BCUT2D eigenvalue weighted by Gasteiger charge is 2.12. The van der Waals surface area contributed by atoms with Crippen LogP contribution in [0.3, 0.4) is 0 Å². The van der Waals surface area contributed by atoms with Crippen molar-refractivity contribution in [1.29, 1.82) is 0 Å². The molecule has 1 heteroatoms. The highest BCUT2D eigenvalue weighted by atomic mass is 19.1. The van der Waals surface area contributed by atoms with Gasteiger partial charge in [0.2, 0.25) is 0 Å². The van der Waals surface area contributed by atoms with Crippen LogP contribution in [0.25, 0.3) is 11.1 Å². The molecule has 0 spiro atoms. The summed E-state index contributed by atoms with van der Waals surface area (Å²) in [6.45, 7) is 4.45. The highest BCUT2D eigenvalue weighted by molar-refractivity contribution is 5.65. The van der Waals surface area contributed by atoms with Crippen LogP contribution in [-0.4, -0.2) is 0 Å². The van der Waals surface area contributed by atoms with Crippen LogP contribution in [0.2, 0.25) is 0 Å². The van der Waals surface area contributed by atoms with Crippen LogP contribution in [0.4, 0.5) is 4.39 Å². The van der Waals surface area contributed by atoms with Crippen molar-refractivity contribution in [1.82, 2.24) is 0 Å². The minimum absolute atomic E-state index is 0.133. The van der Waals surface area contributed by atoms with Gasteiger partial charge in [0.1, 0.15) is 5.82 Å². The molecule has 0 aliphatic heterocycles. The van der Waals surface area contributed by atoms with Gasteiger partial charge in [-0.2, -0.15) is 0 Å². The second-order valence-electron chi connectivity index (χ2n) is 8.26. The number of benzene rings is 2. The Morgan fingerprint density at radius 2 is 1.79 bits per heavy atom. The Morgan fingerprint density at radius 1 is 0.966 bits per heavy atom. The number of allylic oxidation sites excluding steroid dienone is 2. The average Bonchev–Trinajstić information content (AvgIpc) is 2.74. The molecule has 1 aliphatic carbocycles. The second-order valence-corrected chi connectivity index (χ2v) is 8.26. The van der Waals surface area contributed by atoms with Crippen LogP contribution in [0.1, 0.15) is 76.3 Å². The smallest absolute Gasteiger partial charge is 0.131 e. The van der Waals surface area contributed by atoms with E-state index in [0.717, 1.165) is 41.9 Å². The maximum absolute atomic E-state index is 14.6. The molecule has 0 bridgehead atoms. The van der Waals surface area contributed by atoms with Crippen LogP contribution in [0, 0.1) is 23.6 Å². The van der Waals surface area contributed by atoms with Gasteiger partial charge in [-0.3, -0.25) is 0 Å². The van der Waals surface area contributed by atoms with Crippen molar-refractivity contribution in [2.75, 3.05) is 0 Å². The van der Waals surface area contributed by atoms with Crippen LogP contribution in [-0.2, 0) is 6.42 Å². The Bertz CT molecular complexity index is 877. The lowest BCUT2D eigenvalue weighted by atomic mass is 9.87. The first-order chi connectivity index (χ1) is 14.2. The maximum atomic E-state index is 14.6. The molecule has 1 aliphatic rings. The van der Waals surface area contributed by atoms with Gasteiger partial charge < -0.3 is 0 Å². The van der Waals surface area contributed by atoms with E-state index in [0.29, 0.717) is 5.56 Å². The summed E-state index contributed by atoms with van der Waals surface area (Å²) in [5, 5.41) is 0. The third kappa shape index (κ3) is 6.33. The Kier molecular flexibility index (Phi) is 8.12. The van der Waals surface area contributed by atoms with E-state index < -0.39 is 0 Å². The van der Waals surface area contributed by atoms with E-state index in [1.165, 1.54) is 44.1 Å². The largest absolute Gasteiger partial charge is 0.206 e. The van der Waals surface area contributed by atoms with Gasteiger partial charge in [0.25, 0.3) is 0 Å². The highest BCUT2D eigenvalue weighted by Crippen LogP contribution is 2.27. The Labute approximate surface area is 176 Å². The lowest BCUT2D eigenvalue weighted by Gasteiger charge is -2.18. The fraction of sp³-hybridized carbons (Fsp3) is 0.429. The first kappa shape index (κ1) is 21.4. The predicted molar refractivity (Wildman–Crippen MR) is 122 cm³/mol. The fourth-order valence-corrected chi connectivity index (χ4v) is 4.09. The molecule has 0 saturated carbocycles. The number of halogens is 1. The zero-order valence-electron chi connectivity index (χ0n) is 17.9. The maximum Gasteiger partial charge on any atom is 0.131 e. The van der Waals surface area contributed by atoms with Crippen molar-refractivity contribution >= 4 is 0 Å². The second kappa shape index (κ2) is 11.0.